The largest absolute Gasteiger partial charge is 0.370 e. The molecule has 232 valence electrons. The summed E-state index contributed by atoms with van der Waals surface area (Å²) in [6, 6.07) is 0. The molecule has 42 heavy (non-hydrogen) atoms. The molecule has 10 nitrogen and oxygen atoms in total. The van der Waals surface area contributed by atoms with Gasteiger partial charge in [0, 0.05) is 26.2 Å². The van der Waals surface area contributed by atoms with Crippen LogP contribution in [0.2, 0.25) is 0 Å². The van der Waals surface area contributed by atoms with Crippen molar-refractivity contribution in [2.75, 3.05) is 26.2 Å². The van der Waals surface area contributed by atoms with Crippen LogP contribution in [-0.4, -0.2) is 50.0 Å². The van der Waals surface area contributed by atoms with Crippen LogP contribution in [0.1, 0.15) is 77.0 Å². The van der Waals surface area contributed by atoms with E-state index < -0.39 is 0 Å². The summed E-state index contributed by atoms with van der Waals surface area (Å²) in [5.74, 6) is 2.11. The Morgan fingerprint density at radius 3 is 1.95 bits per heavy atom. The number of hydrogen-bond acceptors (Lipinski definition) is 4. The number of rotatable bonds is 16. The van der Waals surface area contributed by atoms with Crippen molar-refractivity contribution in [3.63, 3.8) is 0 Å². The van der Waals surface area contributed by atoms with Crippen LogP contribution in [-0.2, 0) is 0 Å². The summed E-state index contributed by atoms with van der Waals surface area (Å²) in [5, 5.41) is 5.81. The summed E-state index contributed by atoms with van der Waals surface area (Å²) in [5.41, 5.74) is 26.7. The fraction of sp³-hybridized carbons (Fsp3) is 0.562. The van der Waals surface area contributed by atoms with Crippen molar-refractivity contribution in [1.82, 2.24) is 10.6 Å². The van der Waals surface area contributed by atoms with Crippen molar-refractivity contribution >= 4 is 23.8 Å². The van der Waals surface area contributed by atoms with Gasteiger partial charge in [-0.2, -0.15) is 0 Å². The lowest BCUT2D eigenvalue weighted by Crippen LogP contribution is -2.42. The summed E-state index contributed by atoms with van der Waals surface area (Å²) in [7, 11) is 0. The van der Waals surface area contributed by atoms with E-state index in [9.17, 15) is 0 Å². The van der Waals surface area contributed by atoms with Crippen LogP contribution >= 0.6 is 0 Å². The van der Waals surface area contributed by atoms with Gasteiger partial charge in [-0.1, -0.05) is 61.6 Å². The number of hydrogen-bond donors (Lipinski definition) is 6. The lowest BCUT2D eigenvalue weighted by molar-refractivity contribution is 0.278. The van der Waals surface area contributed by atoms with Crippen LogP contribution in [0, 0.1) is 11.8 Å². The zero-order chi connectivity index (χ0) is 30.4. The van der Waals surface area contributed by atoms with Gasteiger partial charge >= 0.3 is 0 Å². The number of unbranched alkanes of at least 4 members (excludes halogenated alkanes) is 2. The molecule has 0 aromatic heterocycles. The van der Waals surface area contributed by atoms with E-state index in [0.29, 0.717) is 55.9 Å². The van der Waals surface area contributed by atoms with Crippen molar-refractivity contribution in [1.29, 1.82) is 0 Å². The smallest absolute Gasteiger partial charge is 0.195 e. The Labute approximate surface area is 253 Å². The van der Waals surface area contributed by atoms with Gasteiger partial charge in [0.05, 0.1) is 0 Å². The maximum atomic E-state index is 6.07. The number of nitrogens with zero attached hydrogens (tertiary/aromatic N) is 4. The third-order valence-electron chi connectivity index (χ3n) is 7.42. The molecular formula is C32H54N10. The van der Waals surface area contributed by atoms with Gasteiger partial charge in [0.2, 0.25) is 0 Å². The Hall–Kier alpha value is -3.82. The highest BCUT2D eigenvalue weighted by atomic mass is 15.2. The van der Waals surface area contributed by atoms with Crippen LogP contribution < -0.4 is 33.6 Å². The third kappa shape index (κ3) is 15.8. The Bertz CT molecular complexity index is 1050. The van der Waals surface area contributed by atoms with Crippen LogP contribution in [0.5, 0.6) is 0 Å². The van der Waals surface area contributed by atoms with E-state index in [-0.39, 0.29) is 5.96 Å². The Morgan fingerprint density at radius 1 is 0.810 bits per heavy atom. The zero-order valence-corrected chi connectivity index (χ0v) is 25.4. The fourth-order valence-electron chi connectivity index (χ4n) is 5.15. The number of nitrogens with two attached hydrogens (primary N) is 4. The predicted molar refractivity (Wildman–Crippen MR) is 180 cm³/mol. The van der Waals surface area contributed by atoms with Gasteiger partial charge < -0.3 is 22.9 Å². The maximum Gasteiger partial charge on any atom is 0.195 e. The average molecular weight is 579 g/mol. The Balaban J connectivity index is 1.64. The third-order valence-corrected chi connectivity index (χ3v) is 7.42. The number of allylic oxidation sites excluding steroid dienone is 8. The monoisotopic (exact) mass is 578 g/mol. The van der Waals surface area contributed by atoms with Crippen LogP contribution in [0.4, 0.5) is 0 Å². The highest BCUT2D eigenvalue weighted by Gasteiger charge is 2.21. The molecule has 0 heterocycles. The summed E-state index contributed by atoms with van der Waals surface area (Å²) in [6.45, 7) is 10.1. The van der Waals surface area contributed by atoms with E-state index in [1.807, 2.05) is 12.2 Å². The molecule has 1 fully saturated rings. The summed E-state index contributed by atoms with van der Waals surface area (Å²) in [6.07, 6.45) is 25.2. The zero-order valence-electron chi connectivity index (χ0n) is 25.4. The molecule has 2 unspecified atom stereocenters. The van der Waals surface area contributed by atoms with Crippen molar-refractivity contribution in [2.45, 2.75) is 77.0 Å². The SMILES string of the molecule is C=C/C=C(\C=C)CCCCN=C(N)NC(N)=NCC1CCCC(CN=C(N)NC(N)=NCCCCC2=CCCC=C2)C1. The molecule has 0 radical (unpaired) electrons. The standard InChI is InChI=1S/C32H54N10/c1-3-13-25(4-2)14-8-10-20-37-29(33)41-31(35)39-23-27-18-12-19-28(22-27)24-40-32(36)42-30(34)38-21-11-9-17-26-15-6-5-7-16-26/h3-4,6,13,15-16,27-28H,1-2,5,7-12,14,17-24H2,(H5,33,35,37,39,41)(H5,34,36,38,40,42)/b25-13+. The first-order valence-electron chi connectivity index (χ1n) is 15.4. The second kappa shape index (κ2) is 21.0. The Kier molecular flexibility index (Phi) is 17.2. The molecule has 2 rings (SSSR count). The van der Waals surface area contributed by atoms with Gasteiger partial charge in [0.1, 0.15) is 0 Å². The minimum atomic E-state index is 0.290. The van der Waals surface area contributed by atoms with Gasteiger partial charge in [0.15, 0.2) is 23.8 Å². The molecular weight excluding hydrogens is 524 g/mol. The molecule has 0 saturated heterocycles. The first-order valence-corrected chi connectivity index (χ1v) is 15.4. The highest BCUT2D eigenvalue weighted by molar-refractivity contribution is 5.97. The average Bonchev–Trinajstić information content (AvgIpc) is 2.99. The minimum Gasteiger partial charge on any atom is -0.370 e. The molecule has 0 amide bonds. The topological polar surface area (TPSA) is 178 Å². The molecule has 2 aliphatic carbocycles. The quantitative estimate of drug-likeness (QED) is 0.0693. The molecule has 2 aliphatic rings. The van der Waals surface area contributed by atoms with Gasteiger partial charge in [0.25, 0.3) is 0 Å². The Morgan fingerprint density at radius 2 is 1.40 bits per heavy atom. The summed E-state index contributed by atoms with van der Waals surface area (Å²) >= 11 is 0. The maximum absolute atomic E-state index is 6.07. The fourth-order valence-corrected chi connectivity index (χ4v) is 5.15. The van der Waals surface area contributed by atoms with Gasteiger partial charge in [-0.3, -0.25) is 30.6 Å². The molecule has 2 atom stereocenters. The van der Waals surface area contributed by atoms with Crippen LogP contribution in [0.15, 0.2) is 80.7 Å². The van der Waals surface area contributed by atoms with Crippen molar-refractivity contribution < 1.29 is 0 Å². The van der Waals surface area contributed by atoms with Gasteiger partial charge in [-0.15, -0.1) is 0 Å². The molecule has 10 N–H and O–H groups in total. The minimum absolute atomic E-state index is 0.290. The first-order chi connectivity index (χ1) is 20.4. The second-order valence-corrected chi connectivity index (χ2v) is 11.0. The van der Waals surface area contributed by atoms with Crippen molar-refractivity contribution in [3.05, 3.63) is 60.8 Å². The number of aliphatic imine (C=N–C) groups is 4. The van der Waals surface area contributed by atoms with Crippen LogP contribution in [0.25, 0.3) is 0 Å². The normalized spacial score (nSPS) is 20.7. The van der Waals surface area contributed by atoms with E-state index >= 15 is 0 Å². The molecule has 0 aromatic carbocycles. The van der Waals surface area contributed by atoms with E-state index in [2.05, 4.69) is 62.0 Å². The first kappa shape index (κ1) is 34.4. The number of nitrogens with one attached hydrogen (secondary N) is 2. The van der Waals surface area contributed by atoms with Crippen LogP contribution in [0.3, 0.4) is 0 Å². The van der Waals surface area contributed by atoms with E-state index in [4.69, 9.17) is 22.9 Å². The highest BCUT2D eigenvalue weighted by Crippen LogP contribution is 2.29. The van der Waals surface area contributed by atoms with Crippen molar-refractivity contribution in [2.24, 2.45) is 54.7 Å². The summed E-state index contributed by atoms with van der Waals surface area (Å²) < 4.78 is 0. The van der Waals surface area contributed by atoms with Crippen molar-refractivity contribution in [3.8, 4) is 0 Å². The van der Waals surface area contributed by atoms with E-state index in [1.165, 1.54) is 11.1 Å². The molecule has 10 heteroatoms. The second-order valence-electron chi connectivity index (χ2n) is 11.0. The summed E-state index contributed by atoms with van der Waals surface area (Å²) in [4.78, 5) is 17.8. The van der Waals surface area contributed by atoms with E-state index in [0.717, 1.165) is 77.0 Å². The van der Waals surface area contributed by atoms with E-state index in [1.54, 1.807) is 6.08 Å². The number of guanidine groups is 4. The van der Waals surface area contributed by atoms with Gasteiger partial charge in [-0.25, -0.2) is 0 Å². The van der Waals surface area contributed by atoms with Gasteiger partial charge in [-0.05, 0) is 88.0 Å². The lowest BCUT2D eigenvalue weighted by atomic mass is 9.81. The predicted octanol–water partition coefficient (Wildman–Crippen LogP) is 4.15. The molecule has 0 aromatic rings. The molecule has 1 saturated carbocycles. The molecule has 0 aliphatic heterocycles. The molecule has 0 bridgehead atoms. The molecule has 0 spiro atoms. The lowest BCUT2D eigenvalue weighted by Gasteiger charge is -2.27.